The predicted octanol–water partition coefficient (Wildman–Crippen LogP) is 20.8. The Labute approximate surface area is 556 Å². The van der Waals surface area contributed by atoms with E-state index in [9.17, 15) is 43.2 Å². The minimum absolute atomic E-state index is 0.107. The fourth-order valence-electron chi connectivity index (χ4n) is 10.9. The first kappa shape index (κ1) is 89.1. The normalized spacial score (nSPS) is 14.1. The first-order valence-corrected chi connectivity index (χ1v) is 40.5. The number of unbranched alkanes of at least 4 members (excludes halogenated alkanes) is 41. The molecule has 0 bridgehead atoms. The van der Waals surface area contributed by atoms with Crippen molar-refractivity contribution in [1.29, 1.82) is 0 Å². The van der Waals surface area contributed by atoms with Crippen LogP contribution in [0.25, 0.3) is 0 Å². The van der Waals surface area contributed by atoms with Gasteiger partial charge in [0.2, 0.25) is 0 Å². The number of hydrogen-bond acceptors (Lipinski definition) is 15. The summed E-state index contributed by atoms with van der Waals surface area (Å²) in [6, 6.07) is 0. The third kappa shape index (κ3) is 66.5. The molecule has 0 radical (unpaired) electrons. The molecule has 0 aromatic carbocycles. The first-order valence-electron chi connectivity index (χ1n) is 37.5. The summed E-state index contributed by atoms with van der Waals surface area (Å²) in [5.41, 5.74) is 0. The summed E-state index contributed by atoms with van der Waals surface area (Å²) in [6.45, 7) is 9.55. The van der Waals surface area contributed by atoms with E-state index < -0.39 is 97.5 Å². The van der Waals surface area contributed by atoms with Gasteiger partial charge in [-0.3, -0.25) is 37.3 Å². The molecule has 0 saturated heterocycles. The van der Waals surface area contributed by atoms with Crippen LogP contribution >= 0.6 is 15.6 Å². The van der Waals surface area contributed by atoms with Gasteiger partial charge in [0.1, 0.15) is 19.3 Å². The van der Waals surface area contributed by atoms with E-state index in [0.717, 1.165) is 115 Å². The van der Waals surface area contributed by atoms with Crippen molar-refractivity contribution in [3.8, 4) is 0 Å². The van der Waals surface area contributed by atoms with Gasteiger partial charge in [0.25, 0.3) is 0 Å². The van der Waals surface area contributed by atoms with Gasteiger partial charge in [-0.25, -0.2) is 9.13 Å². The van der Waals surface area contributed by atoms with Crippen molar-refractivity contribution in [2.75, 3.05) is 39.6 Å². The number of hydrogen-bond donors (Lipinski definition) is 3. The Kier molecular flexibility index (Phi) is 62.7. The van der Waals surface area contributed by atoms with Gasteiger partial charge in [-0.05, 0) is 37.5 Å². The molecule has 2 unspecified atom stereocenters. The maximum atomic E-state index is 13.0. The van der Waals surface area contributed by atoms with Crippen molar-refractivity contribution in [2.45, 2.75) is 387 Å². The lowest BCUT2D eigenvalue weighted by Gasteiger charge is -2.21. The second kappa shape index (κ2) is 64.1. The van der Waals surface area contributed by atoms with Crippen molar-refractivity contribution in [3.05, 3.63) is 0 Å². The number of phosphoric ester groups is 2. The van der Waals surface area contributed by atoms with Gasteiger partial charge in [0.05, 0.1) is 26.4 Å². The largest absolute Gasteiger partial charge is 0.472 e. The Morgan fingerprint density at radius 3 is 0.747 bits per heavy atom. The number of phosphoric acid groups is 2. The number of ether oxygens (including phenoxy) is 4. The molecule has 17 nitrogen and oxygen atoms in total. The maximum Gasteiger partial charge on any atom is 0.472 e. The summed E-state index contributed by atoms with van der Waals surface area (Å²) in [4.78, 5) is 72.5. The second-order valence-corrected chi connectivity index (χ2v) is 29.8. The Balaban J connectivity index is 5.21. The zero-order valence-corrected chi connectivity index (χ0v) is 60.9. The predicted molar refractivity (Wildman–Crippen MR) is 368 cm³/mol. The monoisotopic (exact) mass is 1340 g/mol. The van der Waals surface area contributed by atoms with Crippen LogP contribution in [0.15, 0.2) is 0 Å². The average Bonchev–Trinajstić information content (AvgIpc) is 3.72. The van der Waals surface area contributed by atoms with Crippen LogP contribution < -0.4 is 0 Å². The van der Waals surface area contributed by atoms with Crippen molar-refractivity contribution in [1.82, 2.24) is 0 Å². The van der Waals surface area contributed by atoms with E-state index in [1.54, 1.807) is 0 Å². The lowest BCUT2D eigenvalue weighted by Crippen LogP contribution is -2.30. The number of esters is 4. The molecule has 0 aromatic heterocycles. The fraction of sp³-hybridized carbons (Fsp3) is 0.944. The zero-order valence-electron chi connectivity index (χ0n) is 59.1. The second-order valence-electron chi connectivity index (χ2n) is 26.9. The van der Waals surface area contributed by atoms with Crippen LogP contribution in [0.1, 0.15) is 369 Å². The highest BCUT2D eigenvalue weighted by molar-refractivity contribution is 7.47. The van der Waals surface area contributed by atoms with Crippen LogP contribution in [0.3, 0.4) is 0 Å². The Morgan fingerprint density at radius 2 is 0.505 bits per heavy atom. The highest BCUT2D eigenvalue weighted by atomic mass is 31.2. The molecule has 0 fully saturated rings. The minimum Gasteiger partial charge on any atom is -0.462 e. The maximum absolute atomic E-state index is 13.0. The first-order chi connectivity index (χ1) is 43.9. The summed E-state index contributed by atoms with van der Waals surface area (Å²) >= 11 is 0. The molecular weight excluding hydrogens is 1200 g/mol. The van der Waals surface area contributed by atoms with E-state index in [1.165, 1.54) is 173 Å². The summed E-state index contributed by atoms with van der Waals surface area (Å²) < 4.78 is 68.3. The van der Waals surface area contributed by atoms with Gasteiger partial charge >= 0.3 is 39.5 Å². The summed E-state index contributed by atoms with van der Waals surface area (Å²) in [5.74, 6) is -0.565. The van der Waals surface area contributed by atoms with Gasteiger partial charge in [-0.2, -0.15) is 0 Å². The topological polar surface area (TPSA) is 237 Å². The van der Waals surface area contributed by atoms with Gasteiger partial charge in [-0.1, -0.05) is 318 Å². The molecule has 91 heavy (non-hydrogen) atoms. The van der Waals surface area contributed by atoms with Crippen LogP contribution in [0.5, 0.6) is 0 Å². The number of carbonyl (C=O) groups is 4. The summed E-state index contributed by atoms with van der Waals surface area (Å²) in [6.07, 6.45) is 50.0. The molecule has 540 valence electrons. The molecule has 0 aromatic rings. The Morgan fingerprint density at radius 1 is 0.297 bits per heavy atom. The molecule has 0 saturated carbocycles. The molecule has 0 aliphatic rings. The summed E-state index contributed by atoms with van der Waals surface area (Å²) in [5, 5.41) is 10.6. The van der Waals surface area contributed by atoms with Crippen LogP contribution in [-0.2, 0) is 65.4 Å². The Bertz CT molecular complexity index is 1770. The van der Waals surface area contributed by atoms with Crippen molar-refractivity contribution in [2.24, 2.45) is 11.8 Å². The lowest BCUT2D eigenvalue weighted by atomic mass is 10.0. The third-order valence-electron chi connectivity index (χ3n) is 16.7. The van der Waals surface area contributed by atoms with E-state index in [0.29, 0.717) is 25.7 Å². The van der Waals surface area contributed by atoms with E-state index >= 15 is 0 Å². The molecule has 0 aliphatic carbocycles. The van der Waals surface area contributed by atoms with Crippen LogP contribution in [0.4, 0.5) is 0 Å². The van der Waals surface area contributed by atoms with Crippen molar-refractivity contribution < 1.29 is 80.2 Å². The molecule has 19 heteroatoms. The van der Waals surface area contributed by atoms with Gasteiger partial charge < -0.3 is 33.8 Å². The van der Waals surface area contributed by atoms with E-state index in [1.807, 2.05) is 0 Å². The highest BCUT2D eigenvalue weighted by Gasteiger charge is 2.30. The van der Waals surface area contributed by atoms with Gasteiger partial charge in [0, 0.05) is 25.7 Å². The summed E-state index contributed by atoms with van der Waals surface area (Å²) in [7, 11) is -9.90. The van der Waals surface area contributed by atoms with E-state index in [4.69, 9.17) is 37.0 Å². The highest BCUT2D eigenvalue weighted by Crippen LogP contribution is 2.45. The third-order valence-corrected chi connectivity index (χ3v) is 18.6. The average molecular weight is 1340 g/mol. The number of carbonyl (C=O) groups excluding carboxylic acids is 4. The van der Waals surface area contributed by atoms with Crippen molar-refractivity contribution in [3.63, 3.8) is 0 Å². The quantitative estimate of drug-likeness (QED) is 0.0222. The molecule has 0 heterocycles. The molecule has 0 rings (SSSR count). The fourth-order valence-corrected chi connectivity index (χ4v) is 12.5. The van der Waals surface area contributed by atoms with E-state index in [2.05, 4.69) is 41.5 Å². The zero-order chi connectivity index (χ0) is 67.2. The Hall–Kier alpha value is -1.94. The lowest BCUT2D eigenvalue weighted by molar-refractivity contribution is -0.161. The minimum atomic E-state index is -4.95. The van der Waals surface area contributed by atoms with Crippen LogP contribution in [-0.4, -0.2) is 96.7 Å². The number of rotatable bonds is 71. The molecule has 0 spiro atoms. The van der Waals surface area contributed by atoms with Crippen LogP contribution in [0, 0.1) is 11.8 Å². The standard InChI is InChI=1S/C72H140O17P2/c1-7-9-11-13-15-16-17-18-19-27-32-38-44-50-56-71(76)88-67(60-82-69(74)54-48-42-34-14-12-10-8-2)62-86-90(78,79)84-58-66(73)59-85-91(80,81)87-63-68(89-72(77)57-51-45-39-33-28-23-21-25-30-36-41-47-53-65(5)6)61-83-70(75)55-49-43-37-31-26-22-20-24-29-35-40-46-52-64(3)4/h64-68,73H,7-63H2,1-6H3,(H,78,79)(H,80,81)/t66-,67+,68+/m0/s1. The molecule has 0 amide bonds. The molecule has 5 atom stereocenters. The molecule has 3 N–H and O–H groups in total. The molecule has 0 aliphatic heterocycles. The van der Waals surface area contributed by atoms with Crippen molar-refractivity contribution >= 4 is 39.5 Å². The van der Waals surface area contributed by atoms with Crippen LogP contribution in [0.2, 0.25) is 0 Å². The van der Waals surface area contributed by atoms with Gasteiger partial charge in [0.15, 0.2) is 12.2 Å². The smallest absolute Gasteiger partial charge is 0.462 e. The SMILES string of the molecule is CCCCCCCCCCCCCCCCC(=O)O[C@H](COC(=O)CCCCCCCCC)COP(=O)(O)OC[C@H](O)COP(=O)(O)OC[C@@H](COC(=O)CCCCCCCCCCCCCCC(C)C)OC(=O)CCCCCCCCCCCCCCC(C)C. The number of aliphatic hydroxyl groups excluding tert-OH is 1. The number of aliphatic hydroxyl groups is 1. The molecular formula is C72H140O17P2. The van der Waals surface area contributed by atoms with E-state index in [-0.39, 0.29) is 25.7 Å². The van der Waals surface area contributed by atoms with Gasteiger partial charge in [-0.15, -0.1) is 0 Å².